The number of anilines is 1. The molecular weight excluding hydrogens is 268 g/mol. The summed E-state index contributed by atoms with van der Waals surface area (Å²) < 4.78 is 0. The summed E-state index contributed by atoms with van der Waals surface area (Å²) in [6, 6.07) is 12.4. The maximum atomic E-state index is 11.8. The van der Waals surface area contributed by atoms with Crippen LogP contribution in [-0.2, 0) is 0 Å². The average Bonchev–Trinajstić information content (AvgIpc) is 2.88. The summed E-state index contributed by atoms with van der Waals surface area (Å²) in [5.74, 6) is 0.432. The van der Waals surface area contributed by atoms with E-state index >= 15 is 0 Å². The van der Waals surface area contributed by atoms with Gasteiger partial charge in [0.1, 0.15) is 0 Å². The van der Waals surface area contributed by atoms with Crippen molar-refractivity contribution >= 4 is 17.2 Å². The quantitative estimate of drug-likeness (QED) is 0.506. The fraction of sp³-hybridized carbons (Fsp3) is 0. The van der Waals surface area contributed by atoms with Crippen LogP contribution < -0.4 is 11.3 Å². The third kappa shape index (κ3) is 2.71. The van der Waals surface area contributed by atoms with Gasteiger partial charge in [-0.25, -0.2) is 4.98 Å². The Morgan fingerprint density at radius 1 is 1.00 bits per heavy atom. The monoisotopic (exact) mass is 280 g/mol. The highest BCUT2D eigenvalue weighted by atomic mass is 16.1. The molecule has 0 spiro atoms. The Labute approximate surface area is 119 Å². The zero-order valence-corrected chi connectivity index (χ0v) is 10.9. The SMILES string of the molecule is Nc1ccc(-c2[nH][nH]c(=O)c2N=Nc2ccccn2)cc1. The highest BCUT2D eigenvalue weighted by Gasteiger charge is 2.11. The van der Waals surface area contributed by atoms with Crippen LogP contribution in [0.4, 0.5) is 17.2 Å². The normalized spacial score (nSPS) is 11.0. The minimum atomic E-state index is -0.346. The van der Waals surface area contributed by atoms with Gasteiger partial charge in [0, 0.05) is 17.4 Å². The fourth-order valence-corrected chi connectivity index (χ4v) is 1.82. The second kappa shape index (κ2) is 5.41. The van der Waals surface area contributed by atoms with Crippen LogP contribution in [0.15, 0.2) is 63.7 Å². The molecule has 3 rings (SSSR count). The number of pyridine rings is 1. The van der Waals surface area contributed by atoms with Crippen molar-refractivity contribution in [2.45, 2.75) is 0 Å². The van der Waals surface area contributed by atoms with E-state index in [1.165, 1.54) is 0 Å². The molecule has 0 atom stereocenters. The van der Waals surface area contributed by atoms with E-state index in [9.17, 15) is 4.79 Å². The zero-order valence-electron chi connectivity index (χ0n) is 10.9. The summed E-state index contributed by atoms with van der Waals surface area (Å²) in [6.45, 7) is 0. The van der Waals surface area contributed by atoms with Gasteiger partial charge in [-0.3, -0.25) is 15.0 Å². The van der Waals surface area contributed by atoms with Crippen LogP contribution in [-0.4, -0.2) is 15.2 Å². The van der Waals surface area contributed by atoms with Gasteiger partial charge in [0.25, 0.3) is 5.56 Å². The van der Waals surface area contributed by atoms with E-state index in [0.29, 0.717) is 17.2 Å². The molecule has 0 unspecified atom stereocenters. The van der Waals surface area contributed by atoms with Crippen LogP contribution in [0.3, 0.4) is 0 Å². The molecule has 0 amide bonds. The van der Waals surface area contributed by atoms with E-state index in [1.807, 2.05) is 0 Å². The second-order valence-electron chi connectivity index (χ2n) is 4.31. The molecule has 0 saturated heterocycles. The van der Waals surface area contributed by atoms with E-state index in [-0.39, 0.29) is 11.2 Å². The van der Waals surface area contributed by atoms with Crippen molar-refractivity contribution < 1.29 is 0 Å². The number of nitrogens with one attached hydrogen (secondary N) is 2. The molecule has 21 heavy (non-hydrogen) atoms. The van der Waals surface area contributed by atoms with Gasteiger partial charge in [-0.15, -0.1) is 10.2 Å². The number of nitrogen functional groups attached to an aromatic ring is 1. The summed E-state index contributed by atoms with van der Waals surface area (Å²) in [5, 5.41) is 13.2. The van der Waals surface area contributed by atoms with Crippen LogP contribution >= 0.6 is 0 Å². The van der Waals surface area contributed by atoms with Crippen molar-refractivity contribution in [3.63, 3.8) is 0 Å². The van der Waals surface area contributed by atoms with Crippen molar-refractivity contribution in [1.82, 2.24) is 15.2 Å². The van der Waals surface area contributed by atoms with Crippen molar-refractivity contribution in [2.24, 2.45) is 10.2 Å². The van der Waals surface area contributed by atoms with Gasteiger partial charge in [-0.2, -0.15) is 0 Å². The van der Waals surface area contributed by atoms with E-state index in [1.54, 1.807) is 48.7 Å². The lowest BCUT2D eigenvalue weighted by molar-refractivity contribution is 1.06. The lowest BCUT2D eigenvalue weighted by atomic mass is 10.1. The summed E-state index contributed by atoms with van der Waals surface area (Å²) in [6.07, 6.45) is 1.61. The molecule has 7 nitrogen and oxygen atoms in total. The first kappa shape index (κ1) is 12.8. The molecule has 0 saturated carbocycles. The third-order valence-corrected chi connectivity index (χ3v) is 2.85. The number of H-pyrrole nitrogens is 2. The van der Waals surface area contributed by atoms with E-state index in [2.05, 4.69) is 25.4 Å². The summed E-state index contributed by atoms with van der Waals surface area (Å²) in [5.41, 5.74) is 7.50. The number of rotatable bonds is 3. The molecule has 1 aromatic carbocycles. The standard InChI is InChI=1S/C14H12N6O/c15-10-6-4-9(5-7-10)12-13(14(21)20-18-12)19-17-11-3-1-2-8-16-11/h1-8H,15H2,(H2,18,20,21). The summed E-state index contributed by atoms with van der Waals surface area (Å²) in [4.78, 5) is 15.8. The number of hydrogen-bond donors (Lipinski definition) is 3. The lowest BCUT2D eigenvalue weighted by Crippen LogP contribution is -1.96. The molecule has 0 aliphatic carbocycles. The number of nitrogens with zero attached hydrogens (tertiary/aromatic N) is 3. The predicted molar refractivity (Wildman–Crippen MR) is 79.7 cm³/mol. The first-order valence-electron chi connectivity index (χ1n) is 6.23. The highest BCUT2D eigenvalue weighted by Crippen LogP contribution is 2.26. The maximum Gasteiger partial charge on any atom is 0.292 e. The molecule has 0 aliphatic rings. The molecular formula is C14H12N6O. The van der Waals surface area contributed by atoms with Gasteiger partial charge in [-0.1, -0.05) is 18.2 Å². The Bertz CT molecular complexity index is 817. The number of aromatic amines is 2. The molecule has 0 bridgehead atoms. The van der Waals surface area contributed by atoms with Gasteiger partial charge >= 0.3 is 0 Å². The molecule has 4 N–H and O–H groups in total. The highest BCUT2D eigenvalue weighted by molar-refractivity contribution is 5.72. The first-order chi connectivity index (χ1) is 10.2. The first-order valence-corrected chi connectivity index (χ1v) is 6.23. The smallest absolute Gasteiger partial charge is 0.292 e. The zero-order chi connectivity index (χ0) is 14.7. The van der Waals surface area contributed by atoms with E-state index in [4.69, 9.17) is 5.73 Å². The molecule has 2 aromatic heterocycles. The Hall–Kier alpha value is -3.22. The van der Waals surface area contributed by atoms with Crippen LogP contribution in [0.1, 0.15) is 0 Å². The Balaban J connectivity index is 2.00. The molecule has 0 aliphatic heterocycles. The van der Waals surface area contributed by atoms with Crippen molar-refractivity contribution in [3.05, 3.63) is 59.0 Å². The van der Waals surface area contributed by atoms with Crippen LogP contribution in [0, 0.1) is 0 Å². The van der Waals surface area contributed by atoms with Crippen LogP contribution in [0.25, 0.3) is 11.3 Å². The van der Waals surface area contributed by atoms with Gasteiger partial charge in [0.05, 0.1) is 5.69 Å². The minimum absolute atomic E-state index is 0.199. The lowest BCUT2D eigenvalue weighted by Gasteiger charge is -1.99. The van der Waals surface area contributed by atoms with Crippen molar-refractivity contribution in [1.29, 1.82) is 0 Å². The number of nitrogens with two attached hydrogens (primary N) is 1. The minimum Gasteiger partial charge on any atom is -0.399 e. The number of benzene rings is 1. The van der Waals surface area contributed by atoms with Crippen molar-refractivity contribution in [3.8, 4) is 11.3 Å². The van der Waals surface area contributed by atoms with Gasteiger partial charge in [-0.05, 0) is 24.3 Å². The Kier molecular flexibility index (Phi) is 3.30. The van der Waals surface area contributed by atoms with Crippen molar-refractivity contribution in [2.75, 3.05) is 5.73 Å². The summed E-state index contributed by atoms with van der Waals surface area (Å²) in [7, 11) is 0. The summed E-state index contributed by atoms with van der Waals surface area (Å²) >= 11 is 0. The predicted octanol–water partition coefficient (Wildman–Crippen LogP) is 2.76. The molecule has 104 valence electrons. The molecule has 7 heteroatoms. The van der Waals surface area contributed by atoms with Gasteiger partial charge < -0.3 is 5.73 Å². The average molecular weight is 280 g/mol. The Morgan fingerprint density at radius 3 is 2.52 bits per heavy atom. The molecule has 0 radical (unpaired) electrons. The van der Waals surface area contributed by atoms with E-state index < -0.39 is 0 Å². The molecule has 2 heterocycles. The number of aromatic nitrogens is 3. The van der Waals surface area contributed by atoms with Crippen LogP contribution in [0.2, 0.25) is 0 Å². The second-order valence-corrected chi connectivity index (χ2v) is 4.31. The van der Waals surface area contributed by atoms with E-state index in [0.717, 1.165) is 5.56 Å². The van der Waals surface area contributed by atoms with Crippen LogP contribution in [0.5, 0.6) is 0 Å². The number of hydrogen-bond acceptors (Lipinski definition) is 5. The number of azo groups is 1. The Morgan fingerprint density at radius 2 is 1.81 bits per heavy atom. The third-order valence-electron chi connectivity index (χ3n) is 2.85. The maximum absolute atomic E-state index is 11.8. The van der Waals surface area contributed by atoms with Gasteiger partial charge in [0.2, 0.25) is 0 Å². The molecule has 3 aromatic rings. The topological polar surface area (TPSA) is 112 Å². The largest absolute Gasteiger partial charge is 0.399 e. The molecule has 0 fully saturated rings. The van der Waals surface area contributed by atoms with Gasteiger partial charge in [0.15, 0.2) is 11.5 Å². The fourth-order valence-electron chi connectivity index (χ4n) is 1.82.